The lowest BCUT2D eigenvalue weighted by Gasteiger charge is -2.05. The average Bonchev–Trinajstić information content (AvgIpc) is 3.03. The Kier molecular flexibility index (Phi) is 5.39. The number of aryl methyl sites for hydroxylation is 1. The number of nitrogens with zero attached hydrogens (tertiary/aromatic N) is 4. The molecular weight excluding hydrogens is 386 g/mol. The fourth-order valence-electron chi connectivity index (χ4n) is 2.33. The van der Waals surface area contributed by atoms with Crippen LogP contribution in [0.25, 0.3) is 11.0 Å². The highest BCUT2D eigenvalue weighted by Crippen LogP contribution is 2.21. The molecule has 0 saturated carbocycles. The topological polar surface area (TPSA) is 81.4 Å². The van der Waals surface area contributed by atoms with Crippen LogP contribution in [0.15, 0.2) is 52.0 Å². The summed E-state index contributed by atoms with van der Waals surface area (Å²) in [5.41, 5.74) is 4.98. The Balaban J connectivity index is 1.57. The van der Waals surface area contributed by atoms with Crippen LogP contribution in [0.1, 0.15) is 12.0 Å². The molecule has 7 nitrogen and oxygen atoms in total. The van der Waals surface area contributed by atoms with Crippen LogP contribution in [0.3, 0.4) is 0 Å². The fourth-order valence-corrected chi connectivity index (χ4v) is 2.70. The third kappa shape index (κ3) is 4.21. The van der Waals surface area contributed by atoms with Gasteiger partial charge in [0.05, 0.1) is 25.4 Å². The van der Waals surface area contributed by atoms with E-state index >= 15 is 0 Å². The van der Waals surface area contributed by atoms with Crippen LogP contribution in [0.2, 0.25) is 0 Å². The highest BCUT2D eigenvalue weighted by Gasteiger charge is 2.06. The van der Waals surface area contributed by atoms with Crippen molar-refractivity contribution in [1.82, 2.24) is 20.4 Å². The Morgan fingerprint density at radius 1 is 1.36 bits per heavy atom. The summed E-state index contributed by atoms with van der Waals surface area (Å²) >= 11 is 3.39. The fraction of sp³-hybridized carbons (Fsp3) is 0.176. The van der Waals surface area contributed by atoms with E-state index in [1.807, 2.05) is 42.5 Å². The Hall–Kier alpha value is -2.74. The standard InChI is InChI=1S/C17H16BrN5O2/c1-25-16-7-6-13(18)10-12(16)11-19-21-17(24)8-9-23-15-5-3-2-4-14(15)20-22-23/h2-7,10-11H,8-9H2,1H3,(H,21,24)/b19-11+. The van der Waals surface area contributed by atoms with Gasteiger partial charge in [-0.15, -0.1) is 5.10 Å². The van der Waals surface area contributed by atoms with Crippen LogP contribution in [-0.2, 0) is 11.3 Å². The molecule has 0 aliphatic heterocycles. The molecule has 0 radical (unpaired) electrons. The lowest BCUT2D eigenvalue weighted by atomic mass is 10.2. The summed E-state index contributed by atoms with van der Waals surface area (Å²) in [7, 11) is 1.58. The van der Waals surface area contributed by atoms with Gasteiger partial charge in [0.15, 0.2) is 0 Å². The first-order chi connectivity index (χ1) is 12.2. The average molecular weight is 402 g/mol. The molecule has 1 amide bonds. The van der Waals surface area contributed by atoms with E-state index in [0.717, 1.165) is 21.1 Å². The molecule has 0 saturated heterocycles. The Morgan fingerprint density at radius 3 is 3.04 bits per heavy atom. The second kappa shape index (κ2) is 7.89. The number of hydrogen-bond acceptors (Lipinski definition) is 5. The molecule has 3 aromatic rings. The van der Waals surface area contributed by atoms with E-state index < -0.39 is 0 Å². The molecule has 128 valence electrons. The minimum absolute atomic E-state index is 0.204. The van der Waals surface area contributed by atoms with Gasteiger partial charge in [0, 0.05) is 16.5 Å². The number of fused-ring (bicyclic) bond motifs is 1. The summed E-state index contributed by atoms with van der Waals surface area (Å²) in [6, 6.07) is 13.2. The SMILES string of the molecule is COc1ccc(Br)cc1/C=N/NC(=O)CCn1nnc2ccccc21. The number of aromatic nitrogens is 3. The van der Waals surface area contributed by atoms with Crippen molar-refractivity contribution in [3.8, 4) is 5.75 Å². The first-order valence-corrected chi connectivity index (χ1v) is 8.40. The maximum atomic E-state index is 12.0. The third-order valence-electron chi connectivity index (χ3n) is 3.56. The Morgan fingerprint density at radius 2 is 2.20 bits per heavy atom. The summed E-state index contributed by atoms with van der Waals surface area (Å²) in [6.45, 7) is 0.433. The van der Waals surface area contributed by atoms with Crippen molar-refractivity contribution < 1.29 is 9.53 Å². The maximum absolute atomic E-state index is 12.0. The zero-order chi connectivity index (χ0) is 17.6. The molecule has 0 spiro atoms. The van der Waals surface area contributed by atoms with Crippen molar-refractivity contribution in [3.05, 3.63) is 52.5 Å². The zero-order valence-electron chi connectivity index (χ0n) is 13.5. The number of benzene rings is 2. The largest absolute Gasteiger partial charge is 0.496 e. The van der Waals surface area contributed by atoms with Crippen molar-refractivity contribution >= 4 is 39.1 Å². The van der Waals surface area contributed by atoms with Gasteiger partial charge in [0.25, 0.3) is 0 Å². The molecule has 0 aliphatic rings. The summed E-state index contributed by atoms with van der Waals surface area (Å²) in [6.07, 6.45) is 1.80. The minimum Gasteiger partial charge on any atom is -0.496 e. The summed E-state index contributed by atoms with van der Waals surface area (Å²) < 4.78 is 7.86. The van der Waals surface area contributed by atoms with E-state index in [1.165, 1.54) is 0 Å². The van der Waals surface area contributed by atoms with Gasteiger partial charge >= 0.3 is 0 Å². The van der Waals surface area contributed by atoms with Crippen LogP contribution < -0.4 is 10.2 Å². The molecular formula is C17H16BrN5O2. The van der Waals surface area contributed by atoms with Crippen molar-refractivity contribution in [3.63, 3.8) is 0 Å². The molecule has 0 fully saturated rings. The van der Waals surface area contributed by atoms with Crippen molar-refractivity contribution in [2.75, 3.05) is 7.11 Å². The molecule has 0 bridgehead atoms. The first kappa shape index (κ1) is 17.1. The number of hydrazone groups is 1. The third-order valence-corrected chi connectivity index (χ3v) is 4.05. The Bertz CT molecular complexity index is 922. The molecule has 2 aromatic carbocycles. The monoisotopic (exact) mass is 401 g/mol. The predicted octanol–water partition coefficient (Wildman–Crippen LogP) is 2.74. The quantitative estimate of drug-likeness (QED) is 0.508. The van der Waals surface area contributed by atoms with Gasteiger partial charge in [-0.05, 0) is 30.3 Å². The zero-order valence-corrected chi connectivity index (χ0v) is 15.1. The Labute approximate surface area is 152 Å². The van der Waals surface area contributed by atoms with Crippen molar-refractivity contribution in [1.29, 1.82) is 0 Å². The lowest BCUT2D eigenvalue weighted by molar-refractivity contribution is -0.121. The molecule has 0 unspecified atom stereocenters. The van der Waals surface area contributed by atoms with Crippen LogP contribution in [-0.4, -0.2) is 34.2 Å². The van der Waals surface area contributed by atoms with Gasteiger partial charge in [-0.3, -0.25) is 4.79 Å². The second-order valence-electron chi connectivity index (χ2n) is 5.23. The highest BCUT2D eigenvalue weighted by atomic mass is 79.9. The van der Waals surface area contributed by atoms with E-state index in [0.29, 0.717) is 12.3 Å². The number of carbonyl (C=O) groups is 1. The van der Waals surface area contributed by atoms with Gasteiger partial charge in [-0.1, -0.05) is 33.3 Å². The molecule has 8 heteroatoms. The van der Waals surface area contributed by atoms with E-state index in [-0.39, 0.29) is 12.3 Å². The van der Waals surface area contributed by atoms with E-state index in [2.05, 4.69) is 36.8 Å². The smallest absolute Gasteiger partial charge is 0.241 e. The van der Waals surface area contributed by atoms with Crippen LogP contribution >= 0.6 is 15.9 Å². The van der Waals surface area contributed by atoms with E-state index in [4.69, 9.17) is 4.74 Å². The number of halogens is 1. The van der Waals surface area contributed by atoms with Gasteiger partial charge in [0.2, 0.25) is 5.91 Å². The minimum atomic E-state index is -0.204. The highest BCUT2D eigenvalue weighted by molar-refractivity contribution is 9.10. The molecule has 25 heavy (non-hydrogen) atoms. The van der Waals surface area contributed by atoms with Crippen LogP contribution in [0, 0.1) is 0 Å². The van der Waals surface area contributed by atoms with Crippen LogP contribution in [0.5, 0.6) is 5.75 Å². The lowest BCUT2D eigenvalue weighted by Crippen LogP contribution is -2.19. The number of nitrogens with one attached hydrogen (secondary N) is 1. The number of ether oxygens (including phenoxy) is 1. The number of rotatable bonds is 6. The van der Waals surface area contributed by atoms with Gasteiger partial charge in [-0.2, -0.15) is 5.10 Å². The molecule has 0 atom stereocenters. The second-order valence-corrected chi connectivity index (χ2v) is 6.15. The number of amides is 1. The number of hydrogen-bond donors (Lipinski definition) is 1. The molecule has 1 aromatic heterocycles. The van der Waals surface area contributed by atoms with E-state index in [1.54, 1.807) is 18.0 Å². The van der Waals surface area contributed by atoms with Crippen molar-refractivity contribution in [2.24, 2.45) is 5.10 Å². The summed E-state index contributed by atoms with van der Waals surface area (Å²) in [4.78, 5) is 12.0. The summed E-state index contributed by atoms with van der Waals surface area (Å²) in [5.74, 6) is 0.472. The predicted molar refractivity (Wildman–Crippen MR) is 98.6 cm³/mol. The van der Waals surface area contributed by atoms with Crippen molar-refractivity contribution in [2.45, 2.75) is 13.0 Å². The number of para-hydroxylation sites is 1. The summed E-state index contributed by atoms with van der Waals surface area (Å²) in [5, 5.41) is 12.1. The number of carbonyl (C=O) groups excluding carboxylic acids is 1. The van der Waals surface area contributed by atoms with E-state index in [9.17, 15) is 4.79 Å². The molecule has 1 N–H and O–H groups in total. The maximum Gasteiger partial charge on any atom is 0.241 e. The first-order valence-electron chi connectivity index (χ1n) is 7.61. The molecule has 1 heterocycles. The molecule has 3 rings (SSSR count). The van der Waals surface area contributed by atoms with Crippen LogP contribution in [0.4, 0.5) is 0 Å². The molecule has 0 aliphatic carbocycles. The normalized spacial score (nSPS) is 11.1. The number of methoxy groups -OCH3 is 1. The van der Waals surface area contributed by atoms with Gasteiger partial charge < -0.3 is 4.74 Å². The van der Waals surface area contributed by atoms with Gasteiger partial charge in [-0.25, -0.2) is 10.1 Å². The van der Waals surface area contributed by atoms with Gasteiger partial charge in [0.1, 0.15) is 11.3 Å².